The predicted octanol–water partition coefficient (Wildman–Crippen LogP) is 0.0995. The van der Waals surface area contributed by atoms with Gasteiger partial charge in [0.15, 0.2) is 0 Å². The van der Waals surface area contributed by atoms with Crippen LogP contribution in [-0.2, 0) is 0 Å². The molecule has 1 aromatic heterocycles. The fourth-order valence-electron chi connectivity index (χ4n) is 1.19. The van der Waals surface area contributed by atoms with Gasteiger partial charge in [0.1, 0.15) is 11.8 Å². The summed E-state index contributed by atoms with van der Waals surface area (Å²) in [6, 6.07) is -0.00565. The van der Waals surface area contributed by atoms with Crippen LogP contribution in [0.3, 0.4) is 0 Å². The van der Waals surface area contributed by atoms with Crippen molar-refractivity contribution in [2.24, 2.45) is 0 Å². The van der Waals surface area contributed by atoms with Gasteiger partial charge in [-0.15, -0.1) is 5.10 Å². The van der Waals surface area contributed by atoms with E-state index in [-0.39, 0.29) is 6.04 Å². The third-order valence-electron chi connectivity index (χ3n) is 1.83. The lowest BCUT2D eigenvalue weighted by Gasteiger charge is -2.13. The zero-order chi connectivity index (χ0) is 8.39. The second-order valence-corrected chi connectivity index (χ2v) is 3.25. The highest BCUT2D eigenvalue weighted by atomic mass is 32.1. The number of rotatable bonds is 2. The Kier molecular flexibility index (Phi) is 2.16. The molecule has 2 rings (SSSR count). The Morgan fingerprint density at radius 1 is 1.75 bits per heavy atom. The standard InChI is InChI=1S/C7H9N3OS/c11-7(5-2-1-3-8-5)6-4-12-10-9-6/h1-2,4-5,7-8,11H,3H2. The molecule has 2 atom stereocenters. The SMILES string of the molecule is OC(c1csnn1)C1C=CCN1. The van der Waals surface area contributed by atoms with Gasteiger partial charge in [-0.1, -0.05) is 16.6 Å². The lowest BCUT2D eigenvalue weighted by Crippen LogP contribution is -2.29. The minimum Gasteiger partial charge on any atom is -0.385 e. The Hall–Kier alpha value is -0.780. The lowest BCUT2D eigenvalue weighted by molar-refractivity contribution is 0.148. The number of hydrogen-bond acceptors (Lipinski definition) is 5. The van der Waals surface area contributed by atoms with E-state index in [0.29, 0.717) is 5.69 Å². The third-order valence-corrected chi connectivity index (χ3v) is 2.36. The van der Waals surface area contributed by atoms with Gasteiger partial charge in [0.05, 0.1) is 6.04 Å². The van der Waals surface area contributed by atoms with E-state index in [0.717, 1.165) is 6.54 Å². The Balaban J connectivity index is 2.09. The number of nitrogens with one attached hydrogen (secondary N) is 1. The molecule has 0 spiro atoms. The van der Waals surface area contributed by atoms with Crippen molar-refractivity contribution in [1.82, 2.24) is 14.9 Å². The molecule has 1 aliphatic heterocycles. The summed E-state index contributed by atoms with van der Waals surface area (Å²) in [4.78, 5) is 0. The average molecular weight is 183 g/mol. The van der Waals surface area contributed by atoms with Crippen LogP contribution in [0.1, 0.15) is 11.8 Å². The molecule has 0 aliphatic carbocycles. The molecule has 2 unspecified atom stereocenters. The molecule has 0 saturated heterocycles. The summed E-state index contributed by atoms with van der Waals surface area (Å²) in [5.41, 5.74) is 0.643. The molecule has 5 heteroatoms. The van der Waals surface area contributed by atoms with E-state index < -0.39 is 6.10 Å². The highest BCUT2D eigenvalue weighted by Gasteiger charge is 2.21. The van der Waals surface area contributed by atoms with Crippen LogP contribution in [0.4, 0.5) is 0 Å². The van der Waals surface area contributed by atoms with Gasteiger partial charge in [-0.3, -0.25) is 0 Å². The van der Waals surface area contributed by atoms with E-state index >= 15 is 0 Å². The highest BCUT2D eigenvalue weighted by Crippen LogP contribution is 2.17. The van der Waals surface area contributed by atoms with Gasteiger partial charge < -0.3 is 10.4 Å². The fraction of sp³-hybridized carbons (Fsp3) is 0.429. The summed E-state index contributed by atoms with van der Waals surface area (Å²) in [6.07, 6.45) is 3.38. The molecule has 4 nitrogen and oxygen atoms in total. The molecule has 0 aromatic carbocycles. The highest BCUT2D eigenvalue weighted by molar-refractivity contribution is 7.03. The van der Waals surface area contributed by atoms with Gasteiger partial charge in [-0.25, -0.2) is 0 Å². The summed E-state index contributed by atoms with van der Waals surface area (Å²) < 4.78 is 3.69. The lowest BCUT2D eigenvalue weighted by atomic mass is 10.1. The van der Waals surface area contributed by atoms with Crippen LogP contribution in [0.2, 0.25) is 0 Å². The molecule has 0 radical (unpaired) electrons. The van der Waals surface area contributed by atoms with Crippen molar-refractivity contribution in [3.8, 4) is 0 Å². The Bertz CT molecular complexity index is 272. The van der Waals surface area contributed by atoms with Gasteiger partial charge in [-0.05, 0) is 11.5 Å². The van der Waals surface area contributed by atoms with Crippen molar-refractivity contribution in [1.29, 1.82) is 0 Å². The van der Waals surface area contributed by atoms with E-state index in [2.05, 4.69) is 14.9 Å². The first-order valence-electron chi connectivity index (χ1n) is 3.73. The van der Waals surface area contributed by atoms with Crippen LogP contribution >= 0.6 is 11.5 Å². The quantitative estimate of drug-likeness (QED) is 0.638. The maximum atomic E-state index is 9.70. The first kappa shape index (κ1) is 7.85. The van der Waals surface area contributed by atoms with Crippen molar-refractivity contribution >= 4 is 11.5 Å². The zero-order valence-electron chi connectivity index (χ0n) is 6.34. The normalized spacial score (nSPS) is 24.6. The maximum absolute atomic E-state index is 9.70. The Labute approximate surface area is 74.1 Å². The molecule has 1 aromatic rings. The molecule has 64 valence electrons. The smallest absolute Gasteiger partial charge is 0.118 e. The number of nitrogens with zero attached hydrogens (tertiary/aromatic N) is 2. The average Bonchev–Trinajstić information content (AvgIpc) is 2.77. The van der Waals surface area contributed by atoms with E-state index in [1.807, 2.05) is 12.2 Å². The largest absolute Gasteiger partial charge is 0.385 e. The summed E-state index contributed by atoms with van der Waals surface area (Å²) in [6.45, 7) is 0.819. The monoisotopic (exact) mass is 183 g/mol. The van der Waals surface area contributed by atoms with Crippen LogP contribution in [0.5, 0.6) is 0 Å². The van der Waals surface area contributed by atoms with Gasteiger partial charge in [0, 0.05) is 11.9 Å². The van der Waals surface area contributed by atoms with E-state index in [1.165, 1.54) is 11.5 Å². The van der Waals surface area contributed by atoms with E-state index in [9.17, 15) is 5.11 Å². The molecule has 0 amide bonds. The van der Waals surface area contributed by atoms with Crippen molar-refractivity contribution < 1.29 is 5.11 Å². The van der Waals surface area contributed by atoms with Crippen LogP contribution in [0, 0.1) is 0 Å². The second kappa shape index (κ2) is 3.30. The minimum absolute atomic E-state index is 0.00565. The number of aliphatic hydroxyl groups excluding tert-OH is 1. The van der Waals surface area contributed by atoms with Crippen LogP contribution in [0.15, 0.2) is 17.5 Å². The molecule has 0 saturated carbocycles. The van der Waals surface area contributed by atoms with Crippen LogP contribution < -0.4 is 5.32 Å². The molecule has 12 heavy (non-hydrogen) atoms. The molecule has 0 fully saturated rings. The fourth-order valence-corrected chi connectivity index (χ4v) is 1.67. The summed E-state index contributed by atoms with van der Waals surface area (Å²) >= 11 is 1.25. The summed E-state index contributed by atoms with van der Waals surface area (Å²) in [5.74, 6) is 0. The maximum Gasteiger partial charge on any atom is 0.118 e. The number of aromatic nitrogens is 2. The van der Waals surface area contributed by atoms with Crippen molar-refractivity contribution in [2.75, 3.05) is 6.54 Å². The molecule has 2 N–H and O–H groups in total. The molecular weight excluding hydrogens is 174 g/mol. The topological polar surface area (TPSA) is 58.0 Å². The summed E-state index contributed by atoms with van der Waals surface area (Å²) in [5, 5.41) is 18.4. The first-order chi connectivity index (χ1) is 5.88. The van der Waals surface area contributed by atoms with Gasteiger partial charge in [0.2, 0.25) is 0 Å². The van der Waals surface area contributed by atoms with Gasteiger partial charge >= 0.3 is 0 Å². The summed E-state index contributed by atoms with van der Waals surface area (Å²) in [7, 11) is 0. The van der Waals surface area contributed by atoms with Crippen molar-refractivity contribution in [3.05, 3.63) is 23.2 Å². The molecule has 2 heterocycles. The second-order valence-electron chi connectivity index (χ2n) is 2.64. The van der Waals surface area contributed by atoms with Crippen molar-refractivity contribution in [2.45, 2.75) is 12.1 Å². The Morgan fingerprint density at radius 3 is 3.25 bits per heavy atom. The number of hydrogen-bond donors (Lipinski definition) is 2. The van der Waals surface area contributed by atoms with Crippen LogP contribution in [0.25, 0.3) is 0 Å². The number of aliphatic hydroxyl groups is 1. The van der Waals surface area contributed by atoms with Crippen molar-refractivity contribution in [3.63, 3.8) is 0 Å². The van der Waals surface area contributed by atoms with Gasteiger partial charge in [0.25, 0.3) is 0 Å². The zero-order valence-corrected chi connectivity index (χ0v) is 7.16. The van der Waals surface area contributed by atoms with Gasteiger partial charge in [-0.2, -0.15) is 0 Å². The predicted molar refractivity (Wildman–Crippen MR) is 45.8 cm³/mol. The first-order valence-corrected chi connectivity index (χ1v) is 4.56. The van der Waals surface area contributed by atoms with E-state index in [4.69, 9.17) is 0 Å². The molecular formula is C7H9N3OS. The van der Waals surface area contributed by atoms with Crippen LogP contribution in [-0.4, -0.2) is 27.3 Å². The third kappa shape index (κ3) is 1.38. The minimum atomic E-state index is -0.567. The Morgan fingerprint density at radius 2 is 2.67 bits per heavy atom. The molecule has 1 aliphatic rings. The molecule has 0 bridgehead atoms. The van der Waals surface area contributed by atoms with E-state index in [1.54, 1.807) is 5.38 Å².